The summed E-state index contributed by atoms with van der Waals surface area (Å²) in [5.74, 6) is -1.51. The molecule has 4 aromatic rings. The molecule has 1 amide bonds. The number of amides is 1. The van der Waals surface area contributed by atoms with Gasteiger partial charge >= 0.3 is 12.1 Å². The second kappa shape index (κ2) is 16.7. The maximum atomic E-state index is 14.6. The van der Waals surface area contributed by atoms with Crippen molar-refractivity contribution in [1.82, 2.24) is 14.9 Å². The van der Waals surface area contributed by atoms with Crippen LogP contribution in [0.25, 0.3) is 11.3 Å². The molecule has 0 spiro atoms. The third kappa shape index (κ3) is 9.17. The van der Waals surface area contributed by atoms with E-state index in [9.17, 15) is 19.1 Å². The third-order valence-corrected chi connectivity index (χ3v) is 9.20. The Bertz CT molecular complexity index is 1940. The van der Waals surface area contributed by atoms with Gasteiger partial charge in [-0.15, -0.1) is 15.9 Å². The van der Waals surface area contributed by atoms with E-state index in [1.165, 1.54) is 55.3 Å². The highest BCUT2D eigenvalue weighted by Crippen LogP contribution is 2.41. The number of quaternary nitrogens is 1. The number of aliphatic hydroxyl groups is 1. The Morgan fingerprint density at radius 1 is 1.18 bits per heavy atom. The van der Waals surface area contributed by atoms with Crippen molar-refractivity contribution in [2.45, 2.75) is 31.6 Å². The highest BCUT2D eigenvalue weighted by Gasteiger charge is 2.48. The Morgan fingerprint density at radius 2 is 1.94 bits per heavy atom. The number of hydrogen-bond donors (Lipinski definition) is 2. The SMILES string of the molecule is CC(=O)OC(c1cccnc1NC(=O)OCC[N+]1(C[C@](O)(c2cccc(F)c2)[C@@H](C)c2nc(-c3ccc(C#N)cc3)cs2)C=NC=N1)N(C)C.[Cl-]. The first kappa shape index (κ1) is 38.7. The molecule has 3 heterocycles. The summed E-state index contributed by atoms with van der Waals surface area (Å²) in [7, 11) is 3.44. The Hall–Kier alpha value is -5.11. The van der Waals surface area contributed by atoms with E-state index in [4.69, 9.17) is 19.7 Å². The van der Waals surface area contributed by atoms with Gasteiger partial charge in [0.2, 0.25) is 6.34 Å². The molecule has 1 aliphatic heterocycles. The number of thiazole rings is 1. The number of pyridine rings is 1. The average molecular weight is 735 g/mol. The lowest BCUT2D eigenvalue weighted by Gasteiger charge is -2.38. The molecular weight excluding hydrogens is 699 g/mol. The van der Waals surface area contributed by atoms with Gasteiger partial charge < -0.3 is 27.0 Å². The number of nitrogens with zero attached hydrogens (tertiary/aromatic N) is 7. The van der Waals surface area contributed by atoms with E-state index in [0.717, 1.165) is 5.56 Å². The lowest BCUT2D eigenvalue weighted by Crippen LogP contribution is -3.00. The predicted molar refractivity (Wildman–Crippen MR) is 185 cm³/mol. The van der Waals surface area contributed by atoms with Gasteiger partial charge in [0.05, 0.1) is 27.9 Å². The van der Waals surface area contributed by atoms with Gasteiger partial charge in [-0.3, -0.25) is 15.0 Å². The molecule has 4 atom stereocenters. The van der Waals surface area contributed by atoms with Crippen molar-refractivity contribution in [3.05, 3.63) is 99.8 Å². The molecule has 2 unspecified atom stereocenters. The molecule has 2 aromatic carbocycles. The van der Waals surface area contributed by atoms with Gasteiger partial charge in [0.1, 0.15) is 36.9 Å². The van der Waals surface area contributed by atoms with Crippen LogP contribution in [0.4, 0.5) is 15.0 Å². The van der Waals surface area contributed by atoms with Gasteiger partial charge in [0.25, 0.3) is 0 Å². The fraction of sp³-hybridized carbons (Fsp3) is 0.286. The van der Waals surface area contributed by atoms with Crippen LogP contribution in [-0.4, -0.2) is 83.1 Å². The van der Waals surface area contributed by atoms with Crippen LogP contribution in [0.2, 0.25) is 0 Å². The number of benzene rings is 2. The van der Waals surface area contributed by atoms with Crippen molar-refractivity contribution in [2.24, 2.45) is 10.1 Å². The second-order valence-electron chi connectivity index (χ2n) is 11.9. The van der Waals surface area contributed by atoms with Crippen molar-refractivity contribution < 1.29 is 45.6 Å². The van der Waals surface area contributed by atoms with E-state index < -0.39 is 35.6 Å². The number of anilines is 1. The number of aliphatic imine (C=N–C) groups is 1. The molecule has 0 radical (unpaired) electrons. The summed E-state index contributed by atoms with van der Waals surface area (Å²) in [6.45, 7) is 2.94. The molecule has 5 rings (SSSR count). The van der Waals surface area contributed by atoms with Crippen LogP contribution in [0.5, 0.6) is 0 Å². The molecule has 0 aliphatic carbocycles. The van der Waals surface area contributed by atoms with Crippen molar-refractivity contribution in [3.63, 3.8) is 0 Å². The quantitative estimate of drug-likeness (QED) is 0.119. The van der Waals surface area contributed by atoms with Gasteiger partial charge in [-0.05, 0) is 56.1 Å². The number of nitriles is 1. The zero-order valence-electron chi connectivity index (χ0n) is 28.2. The predicted octanol–water partition coefficient (Wildman–Crippen LogP) is 2.39. The number of carbonyl (C=O) groups is 2. The Labute approximate surface area is 304 Å². The lowest BCUT2D eigenvalue weighted by atomic mass is 9.81. The Kier molecular flexibility index (Phi) is 12.7. The van der Waals surface area contributed by atoms with E-state index in [1.54, 1.807) is 49.3 Å². The maximum absolute atomic E-state index is 14.6. The summed E-state index contributed by atoms with van der Waals surface area (Å²) in [5.41, 5.74) is 1.07. The molecule has 0 bridgehead atoms. The van der Waals surface area contributed by atoms with Crippen LogP contribution in [0.1, 0.15) is 47.7 Å². The fourth-order valence-electron chi connectivity index (χ4n) is 5.54. The second-order valence-corrected chi connectivity index (χ2v) is 12.8. The van der Waals surface area contributed by atoms with Crippen LogP contribution in [-0.2, 0) is 19.9 Å². The van der Waals surface area contributed by atoms with Crippen LogP contribution in [0.3, 0.4) is 0 Å². The van der Waals surface area contributed by atoms with Gasteiger partial charge in [-0.25, -0.2) is 19.2 Å². The lowest BCUT2D eigenvalue weighted by molar-refractivity contribution is -0.848. The first-order valence-corrected chi connectivity index (χ1v) is 16.4. The summed E-state index contributed by atoms with van der Waals surface area (Å²) in [6.07, 6.45) is 2.75. The monoisotopic (exact) mass is 734 g/mol. The van der Waals surface area contributed by atoms with Gasteiger partial charge in [-0.2, -0.15) is 10.3 Å². The van der Waals surface area contributed by atoms with Gasteiger partial charge in [0, 0.05) is 30.0 Å². The molecule has 0 saturated carbocycles. The molecule has 266 valence electrons. The van der Waals surface area contributed by atoms with Gasteiger partial charge in [0.15, 0.2) is 12.6 Å². The van der Waals surface area contributed by atoms with Crippen molar-refractivity contribution in [2.75, 3.05) is 39.1 Å². The average Bonchev–Trinajstić information content (AvgIpc) is 3.78. The first-order valence-electron chi connectivity index (χ1n) is 15.5. The first-order chi connectivity index (χ1) is 23.9. The highest BCUT2D eigenvalue weighted by atomic mass is 35.5. The largest absolute Gasteiger partial charge is 1.00 e. The smallest absolute Gasteiger partial charge is 0.413 e. The maximum Gasteiger partial charge on any atom is 0.413 e. The molecule has 2 aromatic heterocycles. The normalized spacial score (nSPS) is 17.1. The van der Waals surface area contributed by atoms with E-state index in [2.05, 4.69) is 26.5 Å². The summed E-state index contributed by atoms with van der Waals surface area (Å²) in [6, 6.07) is 18.2. The highest BCUT2D eigenvalue weighted by molar-refractivity contribution is 7.10. The molecule has 1 aliphatic rings. The minimum Gasteiger partial charge on any atom is -1.00 e. The zero-order chi connectivity index (χ0) is 35.9. The Morgan fingerprint density at radius 3 is 2.59 bits per heavy atom. The molecular formula is C35H36ClFN8O5S. The number of rotatable bonds is 13. The van der Waals surface area contributed by atoms with E-state index in [1.807, 2.05) is 24.4 Å². The number of carbonyl (C=O) groups excluding carboxylic acids is 2. The summed E-state index contributed by atoms with van der Waals surface area (Å²) >= 11 is 1.35. The fourth-order valence-corrected chi connectivity index (χ4v) is 6.51. The van der Waals surface area contributed by atoms with Gasteiger partial charge in [-0.1, -0.05) is 36.3 Å². The molecule has 51 heavy (non-hydrogen) atoms. The van der Waals surface area contributed by atoms with E-state index in [-0.39, 0.29) is 42.5 Å². The van der Waals surface area contributed by atoms with E-state index in [0.29, 0.717) is 27.4 Å². The van der Waals surface area contributed by atoms with Crippen LogP contribution in [0.15, 0.2) is 82.3 Å². The Balaban J connectivity index is 0.00000583. The van der Waals surface area contributed by atoms with Crippen molar-refractivity contribution >= 4 is 41.9 Å². The number of ether oxygens (including phenoxy) is 2. The minimum atomic E-state index is -1.71. The summed E-state index contributed by atoms with van der Waals surface area (Å²) in [4.78, 5) is 39.6. The van der Waals surface area contributed by atoms with Crippen LogP contribution < -0.4 is 17.7 Å². The van der Waals surface area contributed by atoms with E-state index >= 15 is 0 Å². The molecule has 13 nitrogen and oxygen atoms in total. The number of hydrogen-bond acceptors (Lipinski definition) is 12. The number of esters is 1. The topological polar surface area (TPSA) is 162 Å². The summed E-state index contributed by atoms with van der Waals surface area (Å²) in [5, 5.41) is 31.3. The molecule has 0 saturated heterocycles. The van der Waals surface area contributed by atoms with Crippen LogP contribution in [0, 0.1) is 17.1 Å². The van der Waals surface area contributed by atoms with Crippen molar-refractivity contribution in [3.8, 4) is 17.3 Å². The minimum absolute atomic E-state index is 0. The number of halogens is 2. The number of nitrogens with one attached hydrogen (secondary N) is 1. The zero-order valence-corrected chi connectivity index (χ0v) is 29.8. The standard InChI is InChI=1S/C35H35FN8O5S.ClH/c1-23(32-41-30(19-50-32)26-12-10-25(18-37)11-13-26)35(47,27-7-5-8-28(36)17-27)20-44(22-38-21-40-44)15-16-48-34(46)42-31-29(9-6-14-39-31)33(43(3)4)49-24(2)45;/h5-14,17,19,21-23,33,47H,15-16,20H2,1-4H3;1H/t23-,33?,35+,44?;/m0./s1. The van der Waals surface area contributed by atoms with Crippen LogP contribution >= 0.6 is 11.3 Å². The molecule has 2 N–H and O–H groups in total. The number of aromatic nitrogens is 2. The van der Waals surface area contributed by atoms with Crippen molar-refractivity contribution in [1.29, 1.82) is 5.26 Å². The third-order valence-electron chi connectivity index (χ3n) is 8.17. The summed E-state index contributed by atoms with van der Waals surface area (Å²) < 4.78 is 25.3. The molecule has 16 heteroatoms. The molecule has 0 fully saturated rings.